The third kappa shape index (κ3) is 2.12. The van der Waals surface area contributed by atoms with Crippen molar-refractivity contribution in [1.82, 2.24) is 4.98 Å². The second-order valence-corrected chi connectivity index (χ2v) is 4.61. The number of benzene rings is 2. The molecule has 0 amide bonds. The molecule has 2 aromatic carbocycles. The molecule has 0 fully saturated rings. The Balaban J connectivity index is 2.03. The zero-order valence-corrected chi connectivity index (χ0v) is 10.8. The van der Waals surface area contributed by atoms with Crippen LogP contribution in [0.1, 0.15) is 0 Å². The Morgan fingerprint density at radius 2 is 1.79 bits per heavy atom. The van der Waals surface area contributed by atoms with Crippen LogP contribution in [-0.2, 0) is 0 Å². The normalized spacial score (nSPS) is 10.8. The summed E-state index contributed by atoms with van der Waals surface area (Å²) >= 11 is 0. The summed E-state index contributed by atoms with van der Waals surface area (Å²) in [6, 6.07) is 12.9. The van der Waals surface area contributed by atoms with Crippen molar-refractivity contribution in [2.75, 3.05) is 19.0 Å². The lowest BCUT2D eigenvalue weighted by molar-refractivity contribution is 0.476. The molecule has 19 heavy (non-hydrogen) atoms. The van der Waals surface area contributed by atoms with E-state index in [0.29, 0.717) is 17.0 Å². The molecule has 0 aliphatic carbocycles. The van der Waals surface area contributed by atoms with Crippen LogP contribution >= 0.6 is 0 Å². The van der Waals surface area contributed by atoms with Crippen LogP contribution in [0.4, 0.5) is 5.69 Å². The van der Waals surface area contributed by atoms with E-state index in [4.69, 9.17) is 4.42 Å². The quantitative estimate of drug-likeness (QED) is 0.762. The molecule has 4 nitrogen and oxygen atoms in total. The number of phenols is 1. The van der Waals surface area contributed by atoms with Crippen molar-refractivity contribution >= 4 is 16.8 Å². The molecule has 0 unspecified atom stereocenters. The number of hydrogen-bond acceptors (Lipinski definition) is 4. The molecule has 96 valence electrons. The van der Waals surface area contributed by atoms with Gasteiger partial charge in [-0.15, -0.1) is 0 Å². The van der Waals surface area contributed by atoms with Gasteiger partial charge < -0.3 is 14.4 Å². The third-order valence-electron chi connectivity index (χ3n) is 3.00. The van der Waals surface area contributed by atoms with Gasteiger partial charge in [-0.3, -0.25) is 0 Å². The van der Waals surface area contributed by atoms with E-state index in [1.807, 2.05) is 43.3 Å². The van der Waals surface area contributed by atoms with Crippen molar-refractivity contribution < 1.29 is 9.52 Å². The maximum Gasteiger partial charge on any atom is 0.227 e. The number of aromatic nitrogens is 1. The van der Waals surface area contributed by atoms with Crippen molar-refractivity contribution in [2.45, 2.75) is 0 Å². The van der Waals surface area contributed by atoms with Crippen molar-refractivity contribution in [3.05, 3.63) is 42.5 Å². The highest BCUT2D eigenvalue weighted by molar-refractivity contribution is 5.77. The summed E-state index contributed by atoms with van der Waals surface area (Å²) in [5, 5.41) is 9.42. The molecular weight excluding hydrogens is 240 g/mol. The highest BCUT2D eigenvalue weighted by Crippen LogP contribution is 2.27. The Labute approximate surface area is 110 Å². The maximum atomic E-state index is 9.42. The summed E-state index contributed by atoms with van der Waals surface area (Å²) in [5.74, 6) is 0.751. The van der Waals surface area contributed by atoms with Crippen LogP contribution in [0.2, 0.25) is 0 Å². The van der Waals surface area contributed by atoms with E-state index in [9.17, 15) is 5.11 Å². The fourth-order valence-corrected chi connectivity index (χ4v) is 1.94. The molecule has 1 heterocycles. The molecule has 0 aliphatic heterocycles. The number of anilines is 1. The first-order valence-electron chi connectivity index (χ1n) is 6.01. The lowest BCUT2D eigenvalue weighted by Gasteiger charge is -2.11. The monoisotopic (exact) mass is 254 g/mol. The number of nitrogens with zero attached hydrogens (tertiary/aromatic N) is 2. The summed E-state index contributed by atoms with van der Waals surface area (Å²) in [7, 11) is 3.99. The third-order valence-corrected chi connectivity index (χ3v) is 3.00. The number of fused-ring (bicyclic) bond motifs is 1. The van der Waals surface area contributed by atoms with Gasteiger partial charge >= 0.3 is 0 Å². The first-order chi connectivity index (χ1) is 9.13. The predicted octanol–water partition coefficient (Wildman–Crippen LogP) is 3.27. The molecule has 4 heteroatoms. The van der Waals surface area contributed by atoms with E-state index >= 15 is 0 Å². The van der Waals surface area contributed by atoms with Gasteiger partial charge in [0.05, 0.1) is 0 Å². The highest BCUT2D eigenvalue weighted by atomic mass is 16.3. The summed E-state index contributed by atoms with van der Waals surface area (Å²) in [6.45, 7) is 0. The average molecular weight is 254 g/mol. The lowest BCUT2D eigenvalue weighted by atomic mass is 10.2. The molecule has 0 radical (unpaired) electrons. The van der Waals surface area contributed by atoms with Crippen LogP contribution in [0.3, 0.4) is 0 Å². The summed E-state index contributed by atoms with van der Waals surface area (Å²) < 4.78 is 5.67. The van der Waals surface area contributed by atoms with E-state index in [1.165, 1.54) is 0 Å². The van der Waals surface area contributed by atoms with Crippen LogP contribution in [0.5, 0.6) is 5.75 Å². The Morgan fingerprint density at radius 1 is 1.05 bits per heavy atom. The molecule has 0 aliphatic rings. The largest absolute Gasteiger partial charge is 0.508 e. The van der Waals surface area contributed by atoms with Crippen molar-refractivity contribution in [3.8, 4) is 17.2 Å². The van der Waals surface area contributed by atoms with Gasteiger partial charge in [-0.25, -0.2) is 4.98 Å². The minimum absolute atomic E-state index is 0.190. The minimum Gasteiger partial charge on any atom is -0.508 e. The topological polar surface area (TPSA) is 49.5 Å². The van der Waals surface area contributed by atoms with Gasteiger partial charge in [0.2, 0.25) is 5.89 Å². The van der Waals surface area contributed by atoms with Gasteiger partial charge in [0.1, 0.15) is 11.3 Å². The van der Waals surface area contributed by atoms with Crippen LogP contribution in [-0.4, -0.2) is 24.2 Å². The van der Waals surface area contributed by atoms with Crippen LogP contribution in [0.15, 0.2) is 46.9 Å². The molecule has 0 atom stereocenters. The molecule has 1 aromatic heterocycles. The number of rotatable bonds is 2. The van der Waals surface area contributed by atoms with Crippen molar-refractivity contribution in [3.63, 3.8) is 0 Å². The first kappa shape index (κ1) is 11.6. The SMILES string of the molecule is CN(C)c1ccc(-c2nc3cc(O)ccc3o2)cc1. The second-order valence-electron chi connectivity index (χ2n) is 4.61. The van der Waals surface area contributed by atoms with Crippen LogP contribution < -0.4 is 4.90 Å². The molecular formula is C15H14N2O2. The van der Waals surface area contributed by atoms with E-state index in [2.05, 4.69) is 4.98 Å². The summed E-state index contributed by atoms with van der Waals surface area (Å²) in [4.78, 5) is 6.41. The molecule has 0 spiro atoms. The molecule has 1 N–H and O–H groups in total. The Hall–Kier alpha value is -2.49. The molecule has 0 saturated heterocycles. The van der Waals surface area contributed by atoms with Gasteiger partial charge in [0, 0.05) is 31.4 Å². The van der Waals surface area contributed by atoms with Gasteiger partial charge in [0.25, 0.3) is 0 Å². The zero-order valence-electron chi connectivity index (χ0n) is 10.8. The maximum absolute atomic E-state index is 9.42. The Bertz CT molecular complexity index is 715. The van der Waals surface area contributed by atoms with Crippen molar-refractivity contribution in [1.29, 1.82) is 0 Å². The molecule has 0 saturated carbocycles. The second kappa shape index (κ2) is 4.31. The van der Waals surface area contributed by atoms with E-state index in [0.717, 1.165) is 11.3 Å². The minimum atomic E-state index is 0.190. The van der Waals surface area contributed by atoms with Crippen molar-refractivity contribution in [2.24, 2.45) is 0 Å². The van der Waals surface area contributed by atoms with Gasteiger partial charge in [0.15, 0.2) is 5.58 Å². The van der Waals surface area contributed by atoms with E-state index < -0.39 is 0 Å². The lowest BCUT2D eigenvalue weighted by Crippen LogP contribution is -2.07. The highest BCUT2D eigenvalue weighted by Gasteiger charge is 2.08. The Kier molecular flexibility index (Phi) is 2.63. The van der Waals surface area contributed by atoms with Gasteiger partial charge in [-0.2, -0.15) is 0 Å². The molecule has 0 bridgehead atoms. The smallest absolute Gasteiger partial charge is 0.227 e. The molecule has 3 aromatic rings. The zero-order chi connectivity index (χ0) is 13.4. The van der Waals surface area contributed by atoms with E-state index in [1.54, 1.807) is 18.2 Å². The summed E-state index contributed by atoms with van der Waals surface area (Å²) in [5.41, 5.74) is 3.37. The first-order valence-corrected chi connectivity index (χ1v) is 6.01. The fraction of sp³-hybridized carbons (Fsp3) is 0.133. The number of phenolic OH excluding ortho intramolecular Hbond substituents is 1. The Morgan fingerprint density at radius 3 is 2.47 bits per heavy atom. The number of hydrogen-bond donors (Lipinski definition) is 1. The fourth-order valence-electron chi connectivity index (χ4n) is 1.94. The van der Waals surface area contributed by atoms with Crippen LogP contribution in [0, 0.1) is 0 Å². The van der Waals surface area contributed by atoms with Gasteiger partial charge in [-0.1, -0.05) is 0 Å². The standard InChI is InChI=1S/C15H14N2O2/c1-17(2)11-5-3-10(4-6-11)15-16-13-9-12(18)7-8-14(13)19-15/h3-9,18H,1-2H3. The average Bonchev–Trinajstić information content (AvgIpc) is 2.81. The number of aromatic hydroxyl groups is 1. The van der Waals surface area contributed by atoms with Crippen LogP contribution in [0.25, 0.3) is 22.6 Å². The summed E-state index contributed by atoms with van der Waals surface area (Å²) in [6.07, 6.45) is 0. The predicted molar refractivity (Wildman–Crippen MR) is 75.4 cm³/mol. The van der Waals surface area contributed by atoms with E-state index in [-0.39, 0.29) is 5.75 Å². The number of oxazole rings is 1. The molecule has 3 rings (SSSR count). The van der Waals surface area contributed by atoms with Gasteiger partial charge in [-0.05, 0) is 36.4 Å².